The average molecular weight is 455 g/mol. The van der Waals surface area contributed by atoms with Gasteiger partial charge in [-0.3, -0.25) is 9.59 Å². The van der Waals surface area contributed by atoms with Gasteiger partial charge in [-0.25, -0.2) is 13.4 Å². The van der Waals surface area contributed by atoms with Gasteiger partial charge in [-0.1, -0.05) is 18.2 Å². The molecule has 10 heteroatoms. The van der Waals surface area contributed by atoms with E-state index in [1.54, 1.807) is 42.5 Å². The fourth-order valence-electron chi connectivity index (χ4n) is 3.01. The second-order valence-electron chi connectivity index (χ2n) is 7.25. The van der Waals surface area contributed by atoms with Crippen molar-refractivity contribution in [3.63, 3.8) is 0 Å². The van der Waals surface area contributed by atoms with Gasteiger partial charge >= 0.3 is 0 Å². The first-order chi connectivity index (χ1) is 14.8. The molecule has 31 heavy (non-hydrogen) atoms. The smallest absolute Gasteiger partial charge is 0.240 e. The molecule has 0 atom stereocenters. The number of hydrogen-bond acceptors (Lipinski definition) is 7. The van der Waals surface area contributed by atoms with E-state index >= 15 is 0 Å². The van der Waals surface area contributed by atoms with Gasteiger partial charge in [0.05, 0.1) is 39.0 Å². The zero-order valence-electron chi connectivity index (χ0n) is 16.3. The highest BCUT2D eigenvalue weighted by Gasteiger charge is 2.44. The lowest BCUT2D eigenvalue weighted by atomic mass is 10.3. The van der Waals surface area contributed by atoms with Gasteiger partial charge in [-0.2, -0.15) is 5.26 Å². The van der Waals surface area contributed by atoms with Crippen molar-refractivity contribution in [2.45, 2.75) is 34.6 Å². The number of rotatable bonds is 7. The minimum atomic E-state index is -3.64. The summed E-state index contributed by atoms with van der Waals surface area (Å²) < 4.78 is 26.3. The van der Waals surface area contributed by atoms with Crippen molar-refractivity contribution < 1.29 is 18.0 Å². The summed E-state index contributed by atoms with van der Waals surface area (Å²) in [5, 5.41) is 14.6. The molecule has 1 heterocycles. The predicted molar refractivity (Wildman–Crippen MR) is 114 cm³/mol. The number of sulfone groups is 1. The van der Waals surface area contributed by atoms with Gasteiger partial charge in [0, 0.05) is 0 Å². The van der Waals surface area contributed by atoms with Crippen molar-refractivity contribution >= 4 is 43.2 Å². The average Bonchev–Trinajstić information content (AvgIpc) is 3.42. The van der Waals surface area contributed by atoms with Crippen LogP contribution in [-0.2, 0) is 25.8 Å². The van der Waals surface area contributed by atoms with Crippen molar-refractivity contribution in [2.24, 2.45) is 0 Å². The fraction of sp³-hybridized carbons (Fsp3) is 0.238. The van der Waals surface area contributed by atoms with Crippen LogP contribution in [0.15, 0.2) is 58.3 Å². The maximum Gasteiger partial charge on any atom is 0.240 e. The third-order valence-corrected chi connectivity index (χ3v) is 7.65. The van der Waals surface area contributed by atoms with Gasteiger partial charge in [-0.05, 0) is 43.2 Å². The van der Waals surface area contributed by atoms with E-state index < -0.39 is 21.3 Å². The molecule has 0 saturated heterocycles. The van der Waals surface area contributed by atoms with Gasteiger partial charge < -0.3 is 10.6 Å². The number of carbonyl (C=O) groups is 2. The monoisotopic (exact) mass is 454 g/mol. The highest BCUT2D eigenvalue weighted by molar-refractivity contribution is 7.91. The zero-order valence-corrected chi connectivity index (χ0v) is 17.9. The Bertz CT molecular complexity index is 1310. The lowest BCUT2D eigenvalue weighted by Crippen LogP contribution is -2.43. The number of nitriles is 1. The normalized spacial score (nSPS) is 14.5. The molecule has 0 unspecified atom stereocenters. The third-order valence-electron chi connectivity index (χ3n) is 4.87. The van der Waals surface area contributed by atoms with Crippen molar-refractivity contribution in [2.75, 3.05) is 6.54 Å². The first kappa shape index (κ1) is 21.0. The summed E-state index contributed by atoms with van der Waals surface area (Å²) in [4.78, 5) is 28.8. The Balaban J connectivity index is 1.42. The van der Waals surface area contributed by atoms with Crippen LogP contribution >= 0.6 is 11.3 Å². The van der Waals surface area contributed by atoms with Crippen LogP contribution in [0.3, 0.4) is 0 Å². The number of benzene rings is 2. The van der Waals surface area contributed by atoms with Crippen LogP contribution in [0, 0.1) is 11.3 Å². The molecule has 1 fully saturated rings. The van der Waals surface area contributed by atoms with E-state index in [0.29, 0.717) is 28.1 Å². The Hall–Kier alpha value is -3.29. The van der Waals surface area contributed by atoms with E-state index in [-0.39, 0.29) is 28.7 Å². The summed E-state index contributed by atoms with van der Waals surface area (Å²) in [6, 6.07) is 14.9. The minimum absolute atomic E-state index is 0.0310. The summed E-state index contributed by atoms with van der Waals surface area (Å²) in [5.74, 6) is -0.791. The molecular formula is C21H18N4O4S2. The Morgan fingerprint density at radius 1 is 1.10 bits per heavy atom. The van der Waals surface area contributed by atoms with E-state index in [4.69, 9.17) is 5.26 Å². The molecule has 0 radical (unpaired) electrons. The maximum absolute atomic E-state index is 12.8. The lowest BCUT2D eigenvalue weighted by Gasteiger charge is -2.09. The molecule has 1 aliphatic carbocycles. The third kappa shape index (κ3) is 4.57. The summed E-state index contributed by atoms with van der Waals surface area (Å²) in [5.41, 5.74) is -0.172. The van der Waals surface area contributed by atoms with Crippen LogP contribution in [0.4, 0.5) is 0 Å². The number of carbonyl (C=O) groups excluding carboxylic acids is 2. The molecule has 1 aliphatic rings. The summed E-state index contributed by atoms with van der Waals surface area (Å²) in [7, 11) is -3.64. The molecule has 1 saturated carbocycles. The zero-order chi connectivity index (χ0) is 22.1. The molecular weight excluding hydrogens is 436 g/mol. The van der Waals surface area contributed by atoms with E-state index in [1.807, 2.05) is 0 Å². The molecule has 158 valence electrons. The number of nitrogens with zero attached hydrogens (tertiary/aromatic N) is 2. The van der Waals surface area contributed by atoms with Gasteiger partial charge in [0.1, 0.15) is 10.5 Å². The Morgan fingerprint density at radius 3 is 2.52 bits per heavy atom. The van der Waals surface area contributed by atoms with Crippen LogP contribution in [0.1, 0.15) is 17.8 Å². The van der Waals surface area contributed by atoms with Crippen molar-refractivity contribution in [1.82, 2.24) is 15.6 Å². The Labute approximate surface area is 182 Å². The second kappa shape index (κ2) is 8.09. The van der Waals surface area contributed by atoms with Gasteiger partial charge in [0.15, 0.2) is 0 Å². The lowest BCUT2D eigenvalue weighted by molar-refractivity contribution is -0.126. The van der Waals surface area contributed by atoms with Crippen molar-refractivity contribution in [3.05, 3.63) is 53.5 Å². The first-order valence-electron chi connectivity index (χ1n) is 9.50. The second-order valence-corrected chi connectivity index (χ2v) is 10.3. The molecule has 1 aromatic heterocycles. The number of aromatic nitrogens is 1. The number of hydrogen-bond donors (Lipinski definition) is 2. The van der Waals surface area contributed by atoms with Crippen molar-refractivity contribution in [3.8, 4) is 6.07 Å². The Morgan fingerprint density at radius 2 is 1.84 bits per heavy atom. The summed E-state index contributed by atoms with van der Waals surface area (Å²) in [6.45, 7) is -0.216. The van der Waals surface area contributed by atoms with E-state index in [9.17, 15) is 18.0 Å². The van der Waals surface area contributed by atoms with Crippen LogP contribution in [-0.4, -0.2) is 37.3 Å². The first-order valence-corrected chi connectivity index (χ1v) is 11.8. The highest BCUT2D eigenvalue weighted by atomic mass is 32.2. The summed E-state index contributed by atoms with van der Waals surface area (Å²) in [6.07, 6.45) is 1.21. The molecule has 8 nitrogen and oxygen atoms in total. The topological polar surface area (TPSA) is 129 Å². The van der Waals surface area contributed by atoms with E-state index in [0.717, 1.165) is 0 Å². The standard InChI is InChI=1S/C21H18N4O4S2/c22-13-21(8-9-21)25-19(27)12-23-18(26)11-20-24-16-7-6-15(10-17(16)30-20)31(28,29)14-4-2-1-3-5-14/h1-7,10H,8-9,11-12H2,(H,23,26)(H,25,27). The molecule has 0 bridgehead atoms. The van der Waals surface area contributed by atoms with Gasteiger partial charge in [0.25, 0.3) is 0 Å². The van der Waals surface area contributed by atoms with Crippen LogP contribution in [0.25, 0.3) is 10.2 Å². The van der Waals surface area contributed by atoms with Crippen LogP contribution in [0.2, 0.25) is 0 Å². The molecule has 2 N–H and O–H groups in total. The SMILES string of the molecule is N#CC1(NC(=O)CNC(=O)Cc2nc3ccc(S(=O)(=O)c4ccccc4)cc3s2)CC1. The molecule has 4 rings (SSSR count). The molecule has 3 aromatic rings. The number of thiazole rings is 1. The number of fused-ring (bicyclic) bond motifs is 1. The fourth-order valence-corrected chi connectivity index (χ4v) is 5.40. The quantitative estimate of drug-likeness (QED) is 0.561. The molecule has 0 spiro atoms. The number of amides is 2. The van der Waals surface area contributed by atoms with Crippen LogP contribution < -0.4 is 10.6 Å². The van der Waals surface area contributed by atoms with Gasteiger partial charge in [-0.15, -0.1) is 11.3 Å². The predicted octanol–water partition coefficient (Wildman–Crippen LogP) is 1.96. The number of nitrogens with one attached hydrogen (secondary N) is 2. The van der Waals surface area contributed by atoms with Crippen molar-refractivity contribution in [1.29, 1.82) is 5.26 Å². The molecule has 0 aliphatic heterocycles. The van der Waals surface area contributed by atoms with E-state index in [1.165, 1.54) is 17.4 Å². The summed E-state index contributed by atoms with van der Waals surface area (Å²) >= 11 is 1.23. The molecule has 2 amide bonds. The Kier molecular flexibility index (Phi) is 5.47. The van der Waals surface area contributed by atoms with Gasteiger partial charge in [0.2, 0.25) is 21.7 Å². The van der Waals surface area contributed by atoms with E-state index in [2.05, 4.69) is 21.7 Å². The minimum Gasteiger partial charge on any atom is -0.347 e. The highest BCUT2D eigenvalue weighted by Crippen LogP contribution is 2.34. The maximum atomic E-state index is 12.8. The largest absolute Gasteiger partial charge is 0.347 e. The molecule has 2 aromatic carbocycles. The van der Waals surface area contributed by atoms with Crippen LogP contribution in [0.5, 0.6) is 0 Å².